The van der Waals surface area contributed by atoms with Gasteiger partial charge < -0.3 is 15.1 Å². The quantitative estimate of drug-likeness (QED) is 0.551. The number of hydrogen-bond acceptors (Lipinski definition) is 5. The van der Waals surface area contributed by atoms with E-state index < -0.39 is 24.3 Å². The maximum atomic E-state index is 13.5. The lowest BCUT2D eigenvalue weighted by Gasteiger charge is -2.24. The highest BCUT2D eigenvalue weighted by Crippen LogP contribution is 2.42. The van der Waals surface area contributed by atoms with Crippen LogP contribution in [0.25, 0.3) is 0 Å². The second-order valence-electron chi connectivity index (χ2n) is 8.52. The number of pyridine rings is 1. The molecule has 2 aliphatic rings. The standard InChI is InChI=1S/C19H20FN3O.2C2HF3O2/c20-15-4-3-6-17(10-15)23-14-19(11-18(23)24)7-9-22(13-19)12-16-5-1-2-8-21-16;2*3-2(4,5)1(6)7/h1-6,8,10H,7,9,11-14H2;2*(H,6,7). The molecule has 2 aliphatic heterocycles. The Hall–Kier alpha value is -3.75. The Balaban J connectivity index is 0.000000301. The fourth-order valence-corrected chi connectivity index (χ4v) is 3.93. The van der Waals surface area contributed by atoms with Gasteiger partial charge in [0.05, 0.1) is 5.69 Å². The van der Waals surface area contributed by atoms with Crippen LogP contribution in [0.3, 0.4) is 0 Å². The largest absolute Gasteiger partial charge is 0.490 e. The Bertz CT molecular complexity index is 1100. The van der Waals surface area contributed by atoms with E-state index >= 15 is 0 Å². The monoisotopic (exact) mass is 553 g/mol. The summed E-state index contributed by atoms with van der Waals surface area (Å²) in [4.78, 5) is 38.8. The number of carboxylic acids is 2. The van der Waals surface area contributed by atoms with Gasteiger partial charge in [0.1, 0.15) is 5.82 Å². The van der Waals surface area contributed by atoms with Gasteiger partial charge in [0.25, 0.3) is 0 Å². The number of aromatic nitrogens is 1. The smallest absolute Gasteiger partial charge is 0.475 e. The zero-order valence-electron chi connectivity index (χ0n) is 19.5. The lowest BCUT2D eigenvalue weighted by molar-refractivity contribution is -0.193. The highest BCUT2D eigenvalue weighted by atomic mass is 19.4. The average Bonchev–Trinajstić information content (AvgIpc) is 3.35. The third-order valence-electron chi connectivity index (χ3n) is 5.55. The van der Waals surface area contributed by atoms with Gasteiger partial charge in [-0.3, -0.25) is 14.7 Å². The summed E-state index contributed by atoms with van der Waals surface area (Å²) in [6.07, 6.45) is -6.81. The number of carbonyl (C=O) groups excluding carboxylic acids is 1. The van der Waals surface area contributed by atoms with Crippen LogP contribution < -0.4 is 4.90 Å². The van der Waals surface area contributed by atoms with Crippen molar-refractivity contribution in [3.63, 3.8) is 0 Å². The molecule has 1 atom stereocenters. The fraction of sp³-hybridized carbons (Fsp3) is 0.391. The highest BCUT2D eigenvalue weighted by molar-refractivity contribution is 5.96. The minimum Gasteiger partial charge on any atom is -0.475 e. The molecule has 2 fully saturated rings. The molecule has 0 radical (unpaired) electrons. The van der Waals surface area contributed by atoms with E-state index in [2.05, 4.69) is 9.88 Å². The Morgan fingerprint density at radius 3 is 2.05 bits per heavy atom. The molecule has 15 heteroatoms. The SMILES string of the molecule is O=C(O)C(F)(F)F.O=C(O)C(F)(F)F.O=C1CC2(CCN(Cc3ccccn3)C2)CN1c1cccc(F)c1. The molecule has 208 valence electrons. The van der Waals surface area contributed by atoms with Crippen molar-refractivity contribution in [3.8, 4) is 0 Å². The van der Waals surface area contributed by atoms with E-state index in [-0.39, 0.29) is 17.1 Å². The summed E-state index contributed by atoms with van der Waals surface area (Å²) in [6.45, 7) is 3.35. The van der Waals surface area contributed by atoms with Crippen molar-refractivity contribution in [1.82, 2.24) is 9.88 Å². The van der Waals surface area contributed by atoms with E-state index in [1.807, 2.05) is 24.4 Å². The van der Waals surface area contributed by atoms with E-state index in [1.165, 1.54) is 12.1 Å². The van der Waals surface area contributed by atoms with Crippen molar-refractivity contribution in [2.45, 2.75) is 31.7 Å². The van der Waals surface area contributed by atoms with Crippen LogP contribution in [0, 0.1) is 11.2 Å². The molecule has 1 amide bonds. The number of hydrogen-bond donors (Lipinski definition) is 2. The van der Waals surface area contributed by atoms with Gasteiger partial charge in [-0.05, 0) is 43.3 Å². The normalized spacial score (nSPS) is 19.4. The summed E-state index contributed by atoms with van der Waals surface area (Å²) in [5, 5.41) is 14.2. The first-order valence-corrected chi connectivity index (χ1v) is 10.8. The van der Waals surface area contributed by atoms with Gasteiger partial charge >= 0.3 is 24.3 Å². The van der Waals surface area contributed by atoms with Crippen LogP contribution in [-0.4, -0.2) is 69.9 Å². The first-order valence-electron chi connectivity index (χ1n) is 10.8. The third kappa shape index (κ3) is 8.97. The number of carbonyl (C=O) groups is 3. The van der Waals surface area contributed by atoms with Gasteiger partial charge in [-0.15, -0.1) is 0 Å². The Kier molecular flexibility index (Phi) is 9.78. The van der Waals surface area contributed by atoms with Crippen molar-refractivity contribution in [2.24, 2.45) is 5.41 Å². The predicted octanol–water partition coefficient (Wildman–Crippen LogP) is 4.12. The molecule has 2 N–H and O–H groups in total. The fourth-order valence-electron chi connectivity index (χ4n) is 3.93. The second kappa shape index (κ2) is 12.2. The minimum absolute atomic E-state index is 0.0157. The van der Waals surface area contributed by atoms with E-state index in [4.69, 9.17) is 19.8 Å². The summed E-state index contributed by atoms with van der Waals surface area (Å²) in [6, 6.07) is 12.3. The van der Waals surface area contributed by atoms with Crippen LogP contribution in [0.5, 0.6) is 0 Å². The number of carboxylic acid groups (broad SMARTS) is 2. The zero-order valence-corrected chi connectivity index (χ0v) is 19.5. The van der Waals surface area contributed by atoms with Crippen LogP contribution in [0.4, 0.5) is 36.4 Å². The zero-order chi connectivity index (χ0) is 28.7. The van der Waals surface area contributed by atoms with Gasteiger partial charge in [-0.2, -0.15) is 26.3 Å². The van der Waals surface area contributed by atoms with Gasteiger partial charge in [-0.1, -0.05) is 12.1 Å². The maximum absolute atomic E-state index is 13.5. The molecule has 1 spiro atoms. The summed E-state index contributed by atoms with van der Waals surface area (Å²) in [5.74, 6) is -5.72. The number of likely N-dealkylation sites (tertiary alicyclic amines) is 1. The number of alkyl halides is 6. The lowest BCUT2D eigenvalue weighted by Crippen LogP contribution is -2.31. The average molecular weight is 553 g/mol. The number of benzene rings is 1. The molecule has 2 aromatic rings. The molecule has 4 rings (SSSR count). The number of nitrogens with zero attached hydrogens (tertiary/aromatic N) is 3. The molecule has 0 aliphatic carbocycles. The van der Waals surface area contributed by atoms with Crippen molar-refractivity contribution in [3.05, 3.63) is 60.2 Å². The van der Waals surface area contributed by atoms with Crippen molar-refractivity contribution >= 4 is 23.5 Å². The topological polar surface area (TPSA) is 111 Å². The molecule has 0 bridgehead atoms. The van der Waals surface area contributed by atoms with Gasteiger partial charge in [0.15, 0.2) is 0 Å². The molecule has 3 heterocycles. The summed E-state index contributed by atoms with van der Waals surface area (Å²) in [5.41, 5.74) is 1.71. The van der Waals surface area contributed by atoms with Crippen LogP contribution in [0.2, 0.25) is 0 Å². The third-order valence-corrected chi connectivity index (χ3v) is 5.55. The molecule has 2 saturated heterocycles. The van der Waals surface area contributed by atoms with Crippen LogP contribution in [0.1, 0.15) is 18.5 Å². The first kappa shape index (κ1) is 30.5. The molecular formula is C23H22F7N3O5. The van der Waals surface area contributed by atoms with E-state index in [0.717, 1.165) is 31.7 Å². The van der Waals surface area contributed by atoms with Crippen LogP contribution >= 0.6 is 0 Å². The molecular weight excluding hydrogens is 531 g/mol. The first-order chi connectivity index (χ1) is 17.5. The summed E-state index contributed by atoms with van der Waals surface area (Å²) in [7, 11) is 0. The van der Waals surface area contributed by atoms with Crippen LogP contribution in [-0.2, 0) is 20.9 Å². The van der Waals surface area contributed by atoms with Gasteiger partial charge in [0, 0.05) is 43.4 Å². The highest BCUT2D eigenvalue weighted by Gasteiger charge is 2.47. The molecule has 1 aromatic heterocycles. The lowest BCUT2D eigenvalue weighted by atomic mass is 9.86. The molecule has 8 nitrogen and oxygen atoms in total. The van der Waals surface area contributed by atoms with E-state index in [1.54, 1.807) is 17.0 Å². The van der Waals surface area contributed by atoms with Gasteiger partial charge in [0.2, 0.25) is 5.91 Å². The van der Waals surface area contributed by atoms with E-state index in [0.29, 0.717) is 18.7 Å². The number of halogens is 7. The van der Waals surface area contributed by atoms with Crippen molar-refractivity contribution in [2.75, 3.05) is 24.5 Å². The van der Waals surface area contributed by atoms with Crippen molar-refractivity contribution in [1.29, 1.82) is 0 Å². The minimum atomic E-state index is -5.08. The summed E-state index contributed by atoms with van der Waals surface area (Å²) < 4.78 is 76.9. The number of rotatable bonds is 3. The number of amides is 1. The molecule has 0 saturated carbocycles. The second-order valence-corrected chi connectivity index (χ2v) is 8.52. The van der Waals surface area contributed by atoms with E-state index in [9.17, 15) is 35.5 Å². The number of aliphatic carboxylic acids is 2. The molecule has 1 aromatic carbocycles. The Morgan fingerprint density at radius 2 is 1.55 bits per heavy atom. The molecule has 38 heavy (non-hydrogen) atoms. The number of anilines is 1. The Labute approximate surface area is 211 Å². The van der Waals surface area contributed by atoms with Crippen LogP contribution in [0.15, 0.2) is 48.7 Å². The summed E-state index contributed by atoms with van der Waals surface area (Å²) >= 11 is 0. The predicted molar refractivity (Wildman–Crippen MR) is 117 cm³/mol. The van der Waals surface area contributed by atoms with Gasteiger partial charge in [-0.25, -0.2) is 14.0 Å². The van der Waals surface area contributed by atoms with Crippen molar-refractivity contribution < 1.29 is 55.3 Å². The maximum Gasteiger partial charge on any atom is 0.490 e. The Morgan fingerprint density at radius 1 is 0.947 bits per heavy atom. The molecule has 1 unspecified atom stereocenters.